The van der Waals surface area contributed by atoms with E-state index in [9.17, 15) is 9.59 Å². The van der Waals surface area contributed by atoms with Crippen molar-refractivity contribution in [1.29, 1.82) is 0 Å². The van der Waals surface area contributed by atoms with Gasteiger partial charge in [0.1, 0.15) is 11.4 Å². The van der Waals surface area contributed by atoms with Crippen LogP contribution in [0.1, 0.15) is 13.8 Å². The molecule has 1 rings (SSSR count). The topological polar surface area (TPSA) is 58.2 Å². The van der Waals surface area contributed by atoms with E-state index in [0.29, 0.717) is 23.7 Å². The molecule has 0 unspecified atom stereocenters. The first-order valence-electron chi connectivity index (χ1n) is 4.52. The second-order valence-electron chi connectivity index (χ2n) is 3.36. The first kappa shape index (κ1) is 11.1. The third-order valence-electron chi connectivity index (χ3n) is 1.76. The molecule has 5 heteroatoms. The van der Waals surface area contributed by atoms with Crippen molar-refractivity contribution in [2.45, 2.75) is 19.9 Å². The molecule has 14 heavy (non-hydrogen) atoms. The molecule has 0 fully saturated rings. The van der Waals surface area contributed by atoms with Gasteiger partial charge < -0.3 is 10.6 Å². The van der Waals surface area contributed by atoms with E-state index >= 15 is 0 Å². The molecule has 1 aromatic rings. The van der Waals surface area contributed by atoms with Crippen LogP contribution < -0.4 is 21.5 Å². The van der Waals surface area contributed by atoms with E-state index in [1.807, 2.05) is 13.8 Å². The summed E-state index contributed by atoms with van der Waals surface area (Å²) >= 11 is 4.01. The zero-order valence-electron chi connectivity index (χ0n) is 8.26. The van der Waals surface area contributed by atoms with Crippen LogP contribution in [0, 0.1) is 0 Å². The molecule has 0 amide bonds. The Kier molecular flexibility index (Phi) is 3.57. The van der Waals surface area contributed by atoms with Gasteiger partial charge in [-0.2, -0.15) is 12.6 Å². The summed E-state index contributed by atoms with van der Waals surface area (Å²) in [5.74, 6) is 0.625. The number of anilines is 2. The maximum Gasteiger partial charge on any atom is 0.253 e. The summed E-state index contributed by atoms with van der Waals surface area (Å²) in [4.78, 5) is 22.3. The summed E-state index contributed by atoms with van der Waals surface area (Å²) in [7, 11) is 0. The number of hydrogen-bond acceptors (Lipinski definition) is 5. The molecule has 0 bridgehead atoms. The molecule has 4 nitrogen and oxygen atoms in total. The van der Waals surface area contributed by atoms with Crippen molar-refractivity contribution in [3.8, 4) is 0 Å². The first-order valence-corrected chi connectivity index (χ1v) is 5.15. The van der Waals surface area contributed by atoms with Crippen molar-refractivity contribution in [1.82, 2.24) is 0 Å². The van der Waals surface area contributed by atoms with E-state index in [-0.39, 0.29) is 6.04 Å². The SMILES string of the molecule is CC(C)Nc1c(NCCS)c(=O)c1=O. The van der Waals surface area contributed by atoms with Crippen molar-refractivity contribution in [2.24, 2.45) is 0 Å². The molecule has 0 aliphatic heterocycles. The molecule has 0 saturated carbocycles. The summed E-state index contributed by atoms with van der Waals surface area (Å²) in [5.41, 5.74) is -0.0557. The third-order valence-corrected chi connectivity index (χ3v) is 1.98. The molecule has 0 aliphatic rings. The molecule has 0 aromatic heterocycles. The number of rotatable bonds is 5. The van der Waals surface area contributed by atoms with Crippen LogP contribution >= 0.6 is 12.6 Å². The monoisotopic (exact) mass is 214 g/mol. The zero-order chi connectivity index (χ0) is 10.7. The molecule has 0 heterocycles. The van der Waals surface area contributed by atoms with Gasteiger partial charge in [-0.05, 0) is 13.8 Å². The highest BCUT2D eigenvalue weighted by molar-refractivity contribution is 7.80. The summed E-state index contributed by atoms with van der Waals surface area (Å²) in [6.07, 6.45) is 0. The first-order chi connectivity index (χ1) is 6.57. The Bertz CT molecular complexity index is 380. The van der Waals surface area contributed by atoms with Gasteiger partial charge in [0, 0.05) is 18.3 Å². The highest BCUT2D eigenvalue weighted by Crippen LogP contribution is 2.14. The van der Waals surface area contributed by atoms with Crippen LogP contribution in [0.25, 0.3) is 0 Å². The van der Waals surface area contributed by atoms with E-state index in [2.05, 4.69) is 23.3 Å². The van der Waals surface area contributed by atoms with E-state index in [0.717, 1.165) is 0 Å². The molecule has 0 spiro atoms. The van der Waals surface area contributed by atoms with Crippen LogP contribution in [0.2, 0.25) is 0 Å². The molecular formula is C9H14N2O2S. The van der Waals surface area contributed by atoms with Gasteiger partial charge in [0.15, 0.2) is 0 Å². The van der Waals surface area contributed by atoms with E-state index in [4.69, 9.17) is 0 Å². The van der Waals surface area contributed by atoms with Crippen LogP contribution in [-0.2, 0) is 0 Å². The Hall–Kier alpha value is -0.970. The van der Waals surface area contributed by atoms with Crippen LogP contribution in [0.15, 0.2) is 9.59 Å². The fourth-order valence-corrected chi connectivity index (χ4v) is 1.28. The minimum atomic E-state index is -0.435. The smallest absolute Gasteiger partial charge is 0.253 e. The lowest BCUT2D eigenvalue weighted by molar-refractivity contribution is 0.893. The lowest BCUT2D eigenvalue weighted by Crippen LogP contribution is -2.38. The standard InChI is InChI=1S/C9H14N2O2S/c1-5(2)11-7-6(10-3-4-14)8(12)9(7)13/h5,10-11,14H,3-4H2,1-2H3. The fourth-order valence-electron chi connectivity index (χ4n) is 1.17. The Morgan fingerprint density at radius 1 is 1.21 bits per heavy atom. The maximum atomic E-state index is 11.1. The lowest BCUT2D eigenvalue weighted by Gasteiger charge is -2.16. The lowest BCUT2D eigenvalue weighted by atomic mass is 10.1. The highest BCUT2D eigenvalue weighted by Gasteiger charge is 2.20. The Morgan fingerprint density at radius 2 is 1.79 bits per heavy atom. The molecule has 2 N–H and O–H groups in total. The number of nitrogens with one attached hydrogen (secondary N) is 2. The van der Waals surface area contributed by atoms with E-state index in [1.165, 1.54) is 0 Å². The second-order valence-corrected chi connectivity index (χ2v) is 3.80. The largest absolute Gasteiger partial charge is 0.379 e. The minimum absolute atomic E-state index is 0.148. The molecule has 78 valence electrons. The van der Waals surface area contributed by atoms with E-state index < -0.39 is 10.9 Å². The molecular weight excluding hydrogens is 200 g/mol. The summed E-state index contributed by atoms with van der Waals surface area (Å²) in [5, 5.41) is 5.81. The van der Waals surface area contributed by atoms with Crippen molar-refractivity contribution in [3.63, 3.8) is 0 Å². The average Bonchev–Trinajstić information content (AvgIpc) is 2.15. The van der Waals surface area contributed by atoms with Crippen molar-refractivity contribution in [2.75, 3.05) is 22.9 Å². The van der Waals surface area contributed by atoms with Crippen LogP contribution in [0.3, 0.4) is 0 Å². The Labute approximate surface area is 87.8 Å². The normalized spacial score (nSPS) is 10.9. The van der Waals surface area contributed by atoms with E-state index in [1.54, 1.807) is 0 Å². The van der Waals surface area contributed by atoms with Gasteiger partial charge >= 0.3 is 0 Å². The fraction of sp³-hybridized carbons (Fsp3) is 0.556. The second kappa shape index (κ2) is 4.50. The van der Waals surface area contributed by atoms with Gasteiger partial charge in [0.2, 0.25) is 0 Å². The van der Waals surface area contributed by atoms with Gasteiger partial charge in [-0.15, -0.1) is 0 Å². The number of thiol groups is 1. The summed E-state index contributed by atoms with van der Waals surface area (Å²) in [6.45, 7) is 4.42. The van der Waals surface area contributed by atoms with Gasteiger partial charge in [-0.3, -0.25) is 9.59 Å². The van der Waals surface area contributed by atoms with Gasteiger partial charge in [-0.1, -0.05) is 0 Å². The molecule has 0 atom stereocenters. The molecule has 0 radical (unpaired) electrons. The van der Waals surface area contributed by atoms with Crippen LogP contribution in [0.5, 0.6) is 0 Å². The molecule has 0 saturated heterocycles. The third kappa shape index (κ3) is 2.09. The van der Waals surface area contributed by atoms with Crippen LogP contribution in [-0.4, -0.2) is 18.3 Å². The average molecular weight is 214 g/mol. The maximum absolute atomic E-state index is 11.1. The van der Waals surface area contributed by atoms with Crippen LogP contribution in [0.4, 0.5) is 11.4 Å². The highest BCUT2D eigenvalue weighted by atomic mass is 32.1. The Balaban J connectivity index is 2.78. The minimum Gasteiger partial charge on any atom is -0.379 e. The predicted octanol–water partition coefficient (Wildman–Crippen LogP) is 0.445. The van der Waals surface area contributed by atoms with Gasteiger partial charge in [0.05, 0.1) is 0 Å². The predicted molar refractivity (Wildman–Crippen MR) is 62.5 cm³/mol. The Morgan fingerprint density at radius 3 is 2.29 bits per heavy atom. The van der Waals surface area contributed by atoms with Crippen molar-refractivity contribution >= 4 is 24.0 Å². The molecule has 1 aromatic carbocycles. The summed E-state index contributed by atoms with van der Waals surface area (Å²) in [6, 6.07) is 0.148. The summed E-state index contributed by atoms with van der Waals surface area (Å²) < 4.78 is 0. The van der Waals surface area contributed by atoms with Crippen molar-refractivity contribution < 1.29 is 0 Å². The number of hydrogen-bond donors (Lipinski definition) is 3. The van der Waals surface area contributed by atoms with Gasteiger partial charge in [-0.25, -0.2) is 0 Å². The van der Waals surface area contributed by atoms with Crippen molar-refractivity contribution in [3.05, 3.63) is 20.4 Å². The quantitative estimate of drug-likeness (QED) is 0.492. The molecule has 0 aliphatic carbocycles. The van der Waals surface area contributed by atoms with Gasteiger partial charge in [0.25, 0.3) is 10.9 Å². The zero-order valence-corrected chi connectivity index (χ0v) is 9.15.